The van der Waals surface area contributed by atoms with Gasteiger partial charge in [0.2, 0.25) is 5.91 Å². The zero-order valence-electron chi connectivity index (χ0n) is 7.47. The zero-order chi connectivity index (χ0) is 10.7. The maximum Gasteiger partial charge on any atom is 0.221 e. The third kappa shape index (κ3) is 2.35. The van der Waals surface area contributed by atoms with Crippen LogP contribution in [0, 0.1) is 11.6 Å². The minimum absolute atomic E-state index is 0.00926. The van der Waals surface area contributed by atoms with Gasteiger partial charge in [-0.3, -0.25) is 4.79 Å². The molecule has 0 atom stereocenters. The minimum Gasteiger partial charge on any atom is -0.325 e. The molecular weight excluding hydrogens is 190 g/mol. The Kier molecular flexibility index (Phi) is 2.91. The average Bonchev–Trinajstić information content (AvgIpc) is 2.01. The van der Waals surface area contributed by atoms with Gasteiger partial charge in [0, 0.05) is 13.0 Å². The van der Waals surface area contributed by atoms with E-state index in [0.29, 0.717) is 6.07 Å². The average molecular weight is 198 g/mol. The lowest BCUT2D eigenvalue weighted by atomic mass is 10.3. The Hall–Kier alpha value is -1.78. The van der Waals surface area contributed by atoms with Gasteiger partial charge in [-0.15, -0.1) is 0 Å². The normalized spacial score (nSPS) is 9.64. The molecule has 0 aliphatic heterocycles. The van der Waals surface area contributed by atoms with E-state index in [1.165, 1.54) is 6.92 Å². The number of hydrogen-bond donors (Lipinski definition) is 1. The highest BCUT2D eigenvalue weighted by atomic mass is 19.1. The molecule has 1 N–H and O–H groups in total. The second kappa shape index (κ2) is 3.95. The number of aromatic nitrogens is 1. The van der Waals surface area contributed by atoms with Crippen LogP contribution in [0.2, 0.25) is 0 Å². The van der Waals surface area contributed by atoms with Crippen LogP contribution in [0.1, 0.15) is 12.6 Å². The molecule has 3 nitrogen and oxygen atoms in total. The van der Waals surface area contributed by atoms with Gasteiger partial charge >= 0.3 is 0 Å². The van der Waals surface area contributed by atoms with E-state index >= 15 is 0 Å². The van der Waals surface area contributed by atoms with E-state index in [2.05, 4.69) is 16.9 Å². The summed E-state index contributed by atoms with van der Waals surface area (Å²) in [6, 6.07) is 0.676. The molecule has 0 aliphatic rings. The van der Waals surface area contributed by atoms with Crippen molar-refractivity contribution in [3.63, 3.8) is 0 Å². The van der Waals surface area contributed by atoms with Crippen LogP contribution in [0.15, 0.2) is 18.8 Å². The van der Waals surface area contributed by atoms with Gasteiger partial charge < -0.3 is 5.32 Å². The third-order valence-corrected chi connectivity index (χ3v) is 1.42. The van der Waals surface area contributed by atoms with Gasteiger partial charge in [0.05, 0.1) is 11.9 Å². The number of hydrogen-bond acceptors (Lipinski definition) is 2. The molecule has 0 aromatic carbocycles. The number of amides is 1. The molecule has 1 amide bonds. The van der Waals surface area contributed by atoms with Crippen LogP contribution >= 0.6 is 0 Å². The maximum atomic E-state index is 13.0. The molecule has 1 heterocycles. The van der Waals surface area contributed by atoms with Crippen LogP contribution in [-0.2, 0) is 4.79 Å². The number of halogens is 2. The third-order valence-electron chi connectivity index (χ3n) is 1.42. The number of nitrogens with zero attached hydrogens (tertiary/aromatic N) is 1. The Morgan fingerprint density at radius 1 is 1.57 bits per heavy atom. The van der Waals surface area contributed by atoms with Crippen LogP contribution in [-0.4, -0.2) is 10.9 Å². The first-order valence-electron chi connectivity index (χ1n) is 3.78. The van der Waals surface area contributed by atoms with Crippen LogP contribution in [0.3, 0.4) is 0 Å². The second-order valence-electron chi connectivity index (χ2n) is 2.64. The summed E-state index contributed by atoms with van der Waals surface area (Å²) in [5.74, 6) is -2.02. The highest BCUT2D eigenvalue weighted by Crippen LogP contribution is 2.12. The Bertz CT molecular complexity index is 390. The van der Waals surface area contributed by atoms with Crippen molar-refractivity contribution < 1.29 is 13.6 Å². The summed E-state index contributed by atoms with van der Waals surface area (Å²) in [5.41, 5.74) is -0.156. The molecule has 0 saturated carbocycles. The first-order chi connectivity index (χ1) is 6.50. The molecular formula is C9H8F2N2O. The minimum atomic E-state index is -0.858. The summed E-state index contributed by atoms with van der Waals surface area (Å²) in [7, 11) is 0. The van der Waals surface area contributed by atoms with Crippen molar-refractivity contribution in [2.45, 2.75) is 6.92 Å². The number of pyridine rings is 1. The molecule has 0 unspecified atom stereocenters. The number of rotatable bonds is 2. The van der Waals surface area contributed by atoms with Crippen molar-refractivity contribution in [3.05, 3.63) is 36.2 Å². The monoisotopic (exact) mass is 198 g/mol. The van der Waals surface area contributed by atoms with Crippen molar-refractivity contribution in [2.75, 3.05) is 0 Å². The number of carbonyl (C=O) groups excluding carboxylic acids is 1. The summed E-state index contributed by atoms with van der Waals surface area (Å²) >= 11 is 0. The molecule has 0 bridgehead atoms. The lowest BCUT2D eigenvalue weighted by Crippen LogP contribution is -2.18. The summed E-state index contributed by atoms with van der Waals surface area (Å²) in [5, 5.41) is 2.26. The van der Waals surface area contributed by atoms with Gasteiger partial charge in [-0.1, -0.05) is 6.58 Å². The van der Waals surface area contributed by atoms with E-state index in [1.54, 1.807) is 0 Å². The van der Waals surface area contributed by atoms with E-state index < -0.39 is 11.6 Å². The fraction of sp³-hybridized carbons (Fsp3) is 0.111. The molecule has 74 valence electrons. The molecule has 1 aromatic heterocycles. The van der Waals surface area contributed by atoms with E-state index in [4.69, 9.17) is 0 Å². The fourth-order valence-corrected chi connectivity index (χ4v) is 0.908. The molecule has 0 aliphatic carbocycles. The van der Waals surface area contributed by atoms with Crippen molar-refractivity contribution in [3.8, 4) is 0 Å². The van der Waals surface area contributed by atoms with Gasteiger partial charge in [-0.2, -0.15) is 0 Å². The molecule has 0 radical (unpaired) electrons. The Balaban J connectivity index is 2.96. The number of carbonyl (C=O) groups is 1. The highest BCUT2D eigenvalue weighted by molar-refractivity contribution is 5.83. The van der Waals surface area contributed by atoms with Crippen LogP contribution < -0.4 is 5.32 Å². The predicted molar refractivity (Wildman–Crippen MR) is 47.0 cm³/mol. The topological polar surface area (TPSA) is 42.0 Å². The van der Waals surface area contributed by atoms with E-state index in [1.807, 2.05) is 0 Å². The number of nitrogens with one attached hydrogen (secondary N) is 1. The lowest BCUT2D eigenvalue weighted by Gasteiger charge is -2.05. The van der Waals surface area contributed by atoms with E-state index in [9.17, 15) is 13.6 Å². The Morgan fingerprint density at radius 2 is 2.21 bits per heavy atom. The maximum absolute atomic E-state index is 13.0. The fourth-order valence-electron chi connectivity index (χ4n) is 0.908. The van der Waals surface area contributed by atoms with Gasteiger partial charge in [0.1, 0.15) is 11.5 Å². The van der Waals surface area contributed by atoms with Crippen molar-refractivity contribution >= 4 is 11.6 Å². The Morgan fingerprint density at radius 3 is 2.71 bits per heavy atom. The van der Waals surface area contributed by atoms with Gasteiger partial charge in [-0.05, 0) is 0 Å². The first kappa shape index (κ1) is 10.3. The lowest BCUT2D eigenvalue weighted by molar-refractivity contribution is -0.117. The van der Waals surface area contributed by atoms with Gasteiger partial charge in [-0.25, -0.2) is 13.8 Å². The second-order valence-corrected chi connectivity index (χ2v) is 2.64. The molecule has 1 aromatic rings. The quantitative estimate of drug-likeness (QED) is 0.781. The molecule has 0 spiro atoms. The Labute approximate surface area is 79.5 Å². The van der Waals surface area contributed by atoms with Crippen LogP contribution in [0.25, 0.3) is 5.70 Å². The highest BCUT2D eigenvalue weighted by Gasteiger charge is 2.09. The van der Waals surface area contributed by atoms with E-state index in [-0.39, 0.29) is 17.3 Å². The van der Waals surface area contributed by atoms with Crippen LogP contribution in [0.5, 0.6) is 0 Å². The summed E-state index contributed by atoms with van der Waals surface area (Å²) in [6.45, 7) is 4.66. The van der Waals surface area contributed by atoms with Crippen molar-refractivity contribution in [1.82, 2.24) is 10.3 Å². The van der Waals surface area contributed by atoms with Crippen molar-refractivity contribution in [2.24, 2.45) is 0 Å². The summed E-state index contributed by atoms with van der Waals surface area (Å²) in [6.07, 6.45) is 0.853. The summed E-state index contributed by atoms with van der Waals surface area (Å²) < 4.78 is 25.5. The van der Waals surface area contributed by atoms with E-state index in [0.717, 1.165) is 6.20 Å². The standard InChI is InChI=1S/C9H8F2N2O/c1-5(13-6(2)14)9-8(11)3-7(10)4-12-9/h3-4H,1H2,2H3,(H,13,14). The first-order valence-corrected chi connectivity index (χ1v) is 3.78. The predicted octanol–water partition coefficient (Wildman–Crippen LogP) is 1.47. The smallest absolute Gasteiger partial charge is 0.221 e. The van der Waals surface area contributed by atoms with Gasteiger partial charge in [0.25, 0.3) is 0 Å². The van der Waals surface area contributed by atoms with Crippen molar-refractivity contribution in [1.29, 1.82) is 0 Å². The molecule has 1 rings (SSSR count). The molecule has 0 saturated heterocycles. The van der Waals surface area contributed by atoms with Gasteiger partial charge in [0.15, 0.2) is 5.82 Å². The molecule has 5 heteroatoms. The molecule has 14 heavy (non-hydrogen) atoms. The SMILES string of the molecule is C=C(NC(C)=O)c1ncc(F)cc1F. The molecule has 0 fully saturated rings. The largest absolute Gasteiger partial charge is 0.325 e. The summed E-state index contributed by atoms with van der Waals surface area (Å²) in [4.78, 5) is 14.1. The van der Waals surface area contributed by atoms with Crippen LogP contribution in [0.4, 0.5) is 8.78 Å². The zero-order valence-corrected chi connectivity index (χ0v) is 7.47.